The minimum Gasteiger partial charge on any atom is -0.322 e. The van der Waals surface area contributed by atoms with Crippen molar-refractivity contribution in [3.63, 3.8) is 0 Å². The summed E-state index contributed by atoms with van der Waals surface area (Å²) in [4.78, 5) is 18.7. The van der Waals surface area contributed by atoms with Gasteiger partial charge in [0.2, 0.25) is 0 Å². The number of carbonyl (C=O) groups excluding carboxylic acids is 1. The van der Waals surface area contributed by atoms with Crippen molar-refractivity contribution < 1.29 is 4.79 Å². The molecule has 0 bridgehead atoms. The summed E-state index contributed by atoms with van der Waals surface area (Å²) < 4.78 is 4.05. The van der Waals surface area contributed by atoms with Crippen LogP contribution in [0.3, 0.4) is 0 Å². The molecule has 1 N–H and O–H groups in total. The number of aromatic nitrogens is 4. The van der Waals surface area contributed by atoms with Crippen LogP contribution >= 0.6 is 0 Å². The molecule has 0 spiro atoms. The van der Waals surface area contributed by atoms with Crippen LogP contribution in [-0.4, -0.2) is 43.4 Å². The second-order valence-corrected chi connectivity index (χ2v) is 7.08. The largest absolute Gasteiger partial charge is 0.322 e. The molecule has 140 valence electrons. The SMILES string of the molecule is Cc1cc(C)n(C2CCN(C(=O)Nc3ccc(-n4ccnc4C)cc3)C2)n1. The van der Waals surface area contributed by atoms with Crippen LogP contribution in [0.25, 0.3) is 5.69 Å². The van der Waals surface area contributed by atoms with Crippen molar-refractivity contribution >= 4 is 11.7 Å². The zero-order chi connectivity index (χ0) is 19.0. The van der Waals surface area contributed by atoms with Gasteiger partial charge in [-0.1, -0.05) is 0 Å². The first-order valence-electron chi connectivity index (χ1n) is 9.20. The van der Waals surface area contributed by atoms with Crippen molar-refractivity contribution in [3.8, 4) is 5.69 Å². The number of urea groups is 1. The summed E-state index contributed by atoms with van der Waals surface area (Å²) in [6.07, 6.45) is 4.62. The van der Waals surface area contributed by atoms with Gasteiger partial charge in [-0.3, -0.25) is 4.68 Å². The van der Waals surface area contributed by atoms with E-state index in [-0.39, 0.29) is 12.1 Å². The molecule has 1 saturated heterocycles. The lowest BCUT2D eigenvalue weighted by Gasteiger charge is -2.18. The Morgan fingerprint density at radius 1 is 1.19 bits per heavy atom. The molecule has 7 nitrogen and oxygen atoms in total. The second kappa shape index (κ2) is 6.90. The van der Waals surface area contributed by atoms with E-state index in [9.17, 15) is 4.79 Å². The summed E-state index contributed by atoms with van der Waals surface area (Å²) in [6.45, 7) is 7.44. The predicted molar refractivity (Wildman–Crippen MR) is 104 cm³/mol. The van der Waals surface area contributed by atoms with E-state index in [0.29, 0.717) is 6.54 Å². The molecule has 1 atom stereocenters. The standard InChI is InChI=1S/C20H24N6O/c1-14-12-15(2)26(23-14)19-8-10-24(13-19)20(27)22-17-4-6-18(7-5-17)25-11-9-21-16(25)3/h4-7,9,11-12,19H,8,10,13H2,1-3H3,(H,22,27). The van der Waals surface area contributed by atoms with Crippen LogP contribution in [0.15, 0.2) is 42.7 Å². The fourth-order valence-electron chi connectivity index (χ4n) is 3.70. The molecule has 7 heteroatoms. The number of imidazole rings is 1. The first-order valence-corrected chi connectivity index (χ1v) is 9.20. The molecule has 27 heavy (non-hydrogen) atoms. The lowest BCUT2D eigenvalue weighted by molar-refractivity contribution is 0.220. The number of nitrogens with one attached hydrogen (secondary N) is 1. The Bertz CT molecular complexity index is 955. The van der Waals surface area contributed by atoms with E-state index in [1.807, 2.05) is 58.5 Å². The maximum atomic E-state index is 12.6. The number of rotatable bonds is 3. The molecule has 1 aliphatic heterocycles. The van der Waals surface area contributed by atoms with Crippen LogP contribution in [0.1, 0.15) is 29.7 Å². The number of hydrogen-bond acceptors (Lipinski definition) is 3. The Labute approximate surface area is 158 Å². The molecule has 1 fully saturated rings. The molecule has 3 heterocycles. The third kappa shape index (κ3) is 3.45. The van der Waals surface area contributed by atoms with Gasteiger partial charge in [-0.15, -0.1) is 0 Å². The third-order valence-electron chi connectivity index (χ3n) is 5.06. The first-order chi connectivity index (χ1) is 13.0. The number of carbonyl (C=O) groups is 1. The number of likely N-dealkylation sites (tertiary alicyclic amines) is 1. The Balaban J connectivity index is 1.39. The average Bonchev–Trinajstić information content (AvgIpc) is 3.36. The average molecular weight is 364 g/mol. The summed E-state index contributed by atoms with van der Waals surface area (Å²) in [5.41, 5.74) is 3.97. The Morgan fingerprint density at radius 2 is 1.96 bits per heavy atom. The van der Waals surface area contributed by atoms with Gasteiger partial charge in [-0.05, 0) is 57.5 Å². The molecule has 1 aromatic carbocycles. The van der Waals surface area contributed by atoms with Gasteiger partial charge in [0, 0.05) is 42.6 Å². The van der Waals surface area contributed by atoms with Gasteiger partial charge in [0.05, 0.1) is 11.7 Å². The van der Waals surface area contributed by atoms with Crippen LogP contribution in [0.2, 0.25) is 0 Å². The van der Waals surface area contributed by atoms with Crippen LogP contribution in [-0.2, 0) is 0 Å². The fraction of sp³-hybridized carbons (Fsp3) is 0.350. The van der Waals surface area contributed by atoms with Crippen molar-refractivity contribution in [3.05, 3.63) is 59.9 Å². The van der Waals surface area contributed by atoms with Gasteiger partial charge in [-0.2, -0.15) is 5.10 Å². The van der Waals surface area contributed by atoms with Crippen molar-refractivity contribution in [1.29, 1.82) is 0 Å². The Kier molecular flexibility index (Phi) is 4.43. The maximum absolute atomic E-state index is 12.6. The molecule has 0 aliphatic carbocycles. The molecule has 1 unspecified atom stereocenters. The highest BCUT2D eigenvalue weighted by Gasteiger charge is 2.28. The Hall–Kier alpha value is -3.09. The fourth-order valence-corrected chi connectivity index (χ4v) is 3.70. The topological polar surface area (TPSA) is 68.0 Å². The third-order valence-corrected chi connectivity index (χ3v) is 5.06. The zero-order valence-electron chi connectivity index (χ0n) is 15.9. The number of amides is 2. The van der Waals surface area contributed by atoms with E-state index in [1.165, 1.54) is 0 Å². The number of anilines is 1. The monoisotopic (exact) mass is 364 g/mol. The van der Waals surface area contributed by atoms with Crippen LogP contribution in [0, 0.1) is 20.8 Å². The van der Waals surface area contributed by atoms with Crippen LogP contribution in [0.4, 0.5) is 10.5 Å². The van der Waals surface area contributed by atoms with E-state index >= 15 is 0 Å². The van der Waals surface area contributed by atoms with Crippen LogP contribution < -0.4 is 5.32 Å². The normalized spacial score (nSPS) is 16.7. The van der Waals surface area contributed by atoms with E-state index in [1.54, 1.807) is 6.20 Å². The molecule has 4 rings (SSSR count). The molecule has 2 amide bonds. The number of nitrogens with zero attached hydrogens (tertiary/aromatic N) is 5. The number of benzene rings is 1. The van der Waals surface area contributed by atoms with Gasteiger partial charge < -0.3 is 14.8 Å². The van der Waals surface area contributed by atoms with Crippen molar-refractivity contribution in [2.24, 2.45) is 0 Å². The van der Waals surface area contributed by atoms with Gasteiger partial charge >= 0.3 is 6.03 Å². The second-order valence-electron chi connectivity index (χ2n) is 7.08. The van der Waals surface area contributed by atoms with E-state index in [0.717, 1.165) is 41.6 Å². The quantitative estimate of drug-likeness (QED) is 0.774. The molecule has 3 aromatic rings. The highest BCUT2D eigenvalue weighted by molar-refractivity contribution is 5.89. The van der Waals surface area contributed by atoms with Gasteiger partial charge in [0.25, 0.3) is 0 Å². The molecular formula is C20H24N6O. The summed E-state index contributed by atoms with van der Waals surface area (Å²) in [5, 5.41) is 7.56. The maximum Gasteiger partial charge on any atom is 0.321 e. The molecule has 1 aliphatic rings. The van der Waals surface area contributed by atoms with Crippen molar-refractivity contribution in [2.45, 2.75) is 33.2 Å². The number of aryl methyl sites for hydroxylation is 3. The minimum atomic E-state index is -0.0643. The summed E-state index contributed by atoms with van der Waals surface area (Å²) in [6, 6.07) is 10.1. The molecule has 0 radical (unpaired) electrons. The summed E-state index contributed by atoms with van der Waals surface area (Å²) >= 11 is 0. The lowest BCUT2D eigenvalue weighted by atomic mass is 10.2. The zero-order valence-corrected chi connectivity index (χ0v) is 15.9. The molecular weight excluding hydrogens is 340 g/mol. The van der Waals surface area contributed by atoms with E-state index < -0.39 is 0 Å². The van der Waals surface area contributed by atoms with Gasteiger partial charge in [0.1, 0.15) is 5.82 Å². The van der Waals surface area contributed by atoms with E-state index in [2.05, 4.69) is 28.4 Å². The number of hydrogen-bond donors (Lipinski definition) is 1. The lowest BCUT2D eigenvalue weighted by Crippen LogP contribution is -2.33. The highest BCUT2D eigenvalue weighted by atomic mass is 16.2. The summed E-state index contributed by atoms with van der Waals surface area (Å²) in [7, 11) is 0. The van der Waals surface area contributed by atoms with Crippen molar-refractivity contribution in [1.82, 2.24) is 24.2 Å². The highest BCUT2D eigenvalue weighted by Crippen LogP contribution is 2.24. The smallest absolute Gasteiger partial charge is 0.321 e. The van der Waals surface area contributed by atoms with Gasteiger partial charge in [0.15, 0.2) is 0 Å². The predicted octanol–water partition coefficient (Wildman–Crippen LogP) is 3.47. The Morgan fingerprint density at radius 3 is 2.59 bits per heavy atom. The first kappa shape index (κ1) is 17.3. The molecule has 2 aromatic heterocycles. The van der Waals surface area contributed by atoms with E-state index in [4.69, 9.17) is 0 Å². The van der Waals surface area contributed by atoms with Crippen molar-refractivity contribution in [2.75, 3.05) is 18.4 Å². The minimum absolute atomic E-state index is 0.0643. The molecule has 0 saturated carbocycles. The summed E-state index contributed by atoms with van der Waals surface area (Å²) in [5.74, 6) is 0.930. The van der Waals surface area contributed by atoms with Gasteiger partial charge in [-0.25, -0.2) is 9.78 Å². The van der Waals surface area contributed by atoms with Crippen LogP contribution in [0.5, 0.6) is 0 Å².